The molecule has 98 valence electrons. The second-order valence-electron chi connectivity index (χ2n) is 4.72. The largest absolute Gasteiger partial charge is 0.480 e. The number of rotatable bonds is 3. The molecule has 0 unspecified atom stereocenters. The number of aryl methyl sites for hydroxylation is 1. The molecule has 18 heavy (non-hydrogen) atoms. The van der Waals surface area contributed by atoms with Crippen LogP contribution >= 0.6 is 0 Å². The summed E-state index contributed by atoms with van der Waals surface area (Å²) in [6.45, 7) is 4.87. The zero-order valence-electron chi connectivity index (χ0n) is 11.0. The fraction of sp³-hybridized carbons (Fsp3) is 0.385. The Morgan fingerprint density at radius 3 is 2.44 bits per heavy atom. The number of hydrogen-bond acceptors (Lipinski definition) is 2. The van der Waals surface area contributed by atoms with Crippen LogP contribution < -0.4 is 5.32 Å². The van der Waals surface area contributed by atoms with E-state index in [2.05, 4.69) is 5.32 Å². The van der Waals surface area contributed by atoms with Crippen molar-refractivity contribution in [3.63, 3.8) is 0 Å². The third-order valence-corrected chi connectivity index (χ3v) is 2.94. The molecule has 0 bridgehead atoms. The highest BCUT2D eigenvalue weighted by molar-refractivity contribution is 5.93. The van der Waals surface area contributed by atoms with E-state index in [-0.39, 0.29) is 0 Å². The number of nitrogens with zero attached hydrogens (tertiary/aromatic N) is 1. The Kier molecular flexibility index (Phi) is 3.96. The lowest BCUT2D eigenvalue weighted by atomic mass is 10.1. The average Bonchev–Trinajstić information content (AvgIpc) is 2.27. The number of hydrogen-bond donors (Lipinski definition) is 2. The van der Waals surface area contributed by atoms with E-state index in [0.717, 1.165) is 10.5 Å². The average molecular weight is 250 g/mol. The second kappa shape index (κ2) is 5.08. The van der Waals surface area contributed by atoms with Gasteiger partial charge < -0.3 is 15.3 Å². The Balaban J connectivity index is 2.80. The molecule has 1 rings (SSSR count). The van der Waals surface area contributed by atoms with E-state index < -0.39 is 17.5 Å². The Bertz CT molecular complexity index is 469. The summed E-state index contributed by atoms with van der Waals surface area (Å²) >= 11 is 0. The molecule has 0 radical (unpaired) electrons. The normalized spacial score (nSPS) is 10.9. The van der Waals surface area contributed by atoms with Gasteiger partial charge in [0.15, 0.2) is 0 Å². The summed E-state index contributed by atoms with van der Waals surface area (Å²) in [6, 6.07) is 6.87. The Morgan fingerprint density at radius 2 is 1.94 bits per heavy atom. The highest BCUT2D eigenvalue weighted by atomic mass is 16.4. The first-order valence-electron chi connectivity index (χ1n) is 5.60. The topological polar surface area (TPSA) is 69.6 Å². The molecule has 0 aliphatic carbocycles. The van der Waals surface area contributed by atoms with Gasteiger partial charge in [0.2, 0.25) is 0 Å². The first-order valence-corrected chi connectivity index (χ1v) is 5.60. The molecule has 0 saturated heterocycles. The molecule has 2 N–H and O–H groups in total. The maximum Gasteiger partial charge on any atom is 0.329 e. The van der Waals surface area contributed by atoms with Crippen molar-refractivity contribution in [2.24, 2.45) is 0 Å². The number of urea groups is 1. The second-order valence-corrected chi connectivity index (χ2v) is 4.72. The van der Waals surface area contributed by atoms with Crippen LogP contribution in [0, 0.1) is 6.92 Å². The summed E-state index contributed by atoms with van der Waals surface area (Å²) in [5, 5.41) is 11.7. The van der Waals surface area contributed by atoms with Gasteiger partial charge >= 0.3 is 12.0 Å². The van der Waals surface area contributed by atoms with Crippen LogP contribution in [0.5, 0.6) is 0 Å². The van der Waals surface area contributed by atoms with E-state index in [4.69, 9.17) is 5.11 Å². The lowest BCUT2D eigenvalue weighted by Crippen LogP contribution is -2.52. The summed E-state index contributed by atoms with van der Waals surface area (Å²) in [6.07, 6.45) is 0. The van der Waals surface area contributed by atoms with Crippen molar-refractivity contribution in [3.8, 4) is 0 Å². The first-order chi connectivity index (χ1) is 8.25. The maximum absolute atomic E-state index is 11.9. The number of likely N-dealkylation sites (N-methyl/N-ethyl adjacent to an activating group) is 1. The van der Waals surface area contributed by atoms with Crippen LogP contribution in [0.4, 0.5) is 10.5 Å². The van der Waals surface area contributed by atoms with Gasteiger partial charge in [0.1, 0.15) is 5.54 Å². The number of carbonyl (C=O) groups excluding carboxylic acids is 1. The van der Waals surface area contributed by atoms with Gasteiger partial charge in [0.05, 0.1) is 0 Å². The van der Waals surface area contributed by atoms with Crippen molar-refractivity contribution in [2.45, 2.75) is 26.3 Å². The molecule has 0 aromatic heterocycles. The molecule has 2 amide bonds. The maximum atomic E-state index is 11.9. The number of benzene rings is 1. The minimum atomic E-state index is -1.26. The van der Waals surface area contributed by atoms with Gasteiger partial charge in [-0.05, 0) is 38.5 Å². The smallest absolute Gasteiger partial charge is 0.329 e. The van der Waals surface area contributed by atoms with Crippen molar-refractivity contribution < 1.29 is 14.7 Å². The Hall–Kier alpha value is -2.04. The molecule has 1 aromatic rings. The van der Waals surface area contributed by atoms with Gasteiger partial charge in [-0.2, -0.15) is 0 Å². The fourth-order valence-corrected chi connectivity index (χ4v) is 1.33. The van der Waals surface area contributed by atoms with E-state index >= 15 is 0 Å². The SMILES string of the molecule is Cc1cccc(NC(=O)N(C)C(C)(C)C(=O)O)c1. The van der Waals surface area contributed by atoms with Crippen molar-refractivity contribution in [1.29, 1.82) is 0 Å². The monoisotopic (exact) mass is 250 g/mol. The van der Waals surface area contributed by atoms with Crippen molar-refractivity contribution in [3.05, 3.63) is 29.8 Å². The number of carboxylic acids is 1. The highest BCUT2D eigenvalue weighted by Crippen LogP contribution is 2.15. The molecular formula is C13H18N2O3. The molecule has 0 heterocycles. The van der Waals surface area contributed by atoms with Gasteiger partial charge in [-0.25, -0.2) is 9.59 Å². The standard InChI is InChI=1S/C13H18N2O3/c1-9-6-5-7-10(8-9)14-12(18)15(4)13(2,3)11(16)17/h5-8H,1-4H3,(H,14,18)(H,16,17). The number of aliphatic carboxylic acids is 1. The molecule has 0 aliphatic rings. The molecule has 0 spiro atoms. The summed E-state index contributed by atoms with van der Waals surface area (Å²) in [5.74, 6) is -1.05. The number of nitrogens with one attached hydrogen (secondary N) is 1. The zero-order valence-corrected chi connectivity index (χ0v) is 11.0. The van der Waals surface area contributed by atoms with Crippen molar-refractivity contribution in [2.75, 3.05) is 12.4 Å². The van der Waals surface area contributed by atoms with E-state index in [1.54, 1.807) is 6.07 Å². The van der Waals surface area contributed by atoms with E-state index in [1.165, 1.54) is 20.9 Å². The molecule has 5 heteroatoms. The predicted molar refractivity (Wildman–Crippen MR) is 69.7 cm³/mol. The van der Waals surface area contributed by atoms with Crippen molar-refractivity contribution in [1.82, 2.24) is 4.90 Å². The van der Waals surface area contributed by atoms with Gasteiger partial charge in [-0.1, -0.05) is 12.1 Å². The van der Waals surface area contributed by atoms with Crippen molar-refractivity contribution >= 4 is 17.7 Å². The lowest BCUT2D eigenvalue weighted by molar-refractivity contribution is -0.146. The summed E-state index contributed by atoms with van der Waals surface area (Å²) in [5.41, 5.74) is 0.412. The molecule has 0 fully saturated rings. The number of anilines is 1. The van der Waals surface area contributed by atoms with Crippen LogP contribution in [0.1, 0.15) is 19.4 Å². The molecule has 1 aromatic carbocycles. The van der Waals surface area contributed by atoms with Gasteiger partial charge in [-0.15, -0.1) is 0 Å². The van der Waals surface area contributed by atoms with Crippen LogP contribution in [0.25, 0.3) is 0 Å². The first kappa shape index (κ1) is 14.0. The summed E-state index contributed by atoms with van der Waals surface area (Å²) in [4.78, 5) is 24.1. The Morgan fingerprint density at radius 1 is 1.33 bits per heavy atom. The van der Waals surface area contributed by atoms with E-state index in [0.29, 0.717) is 5.69 Å². The molecule has 0 aliphatic heterocycles. The minimum absolute atomic E-state index is 0.451. The zero-order chi connectivity index (χ0) is 13.9. The van der Waals surface area contributed by atoms with Crippen LogP contribution in [0.3, 0.4) is 0 Å². The predicted octanol–water partition coefficient (Wildman–Crippen LogP) is 2.32. The van der Waals surface area contributed by atoms with Gasteiger partial charge in [0.25, 0.3) is 0 Å². The van der Waals surface area contributed by atoms with E-state index in [9.17, 15) is 9.59 Å². The summed E-state index contributed by atoms with van der Waals surface area (Å²) < 4.78 is 0. The fourth-order valence-electron chi connectivity index (χ4n) is 1.33. The Labute approximate surface area is 106 Å². The molecular weight excluding hydrogens is 232 g/mol. The quantitative estimate of drug-likeness (QED) is 0.865. The molecule has 0 saturated carbocycles. The minimum Gasteiger partial charge on any atom is -0.480 e. The van der Waals surface area contributed by atoms with E-state index in [1.807, 2.05) is 25.1 Å². The van der Waals surface area contributed by atoms with Crippen LogP contribution in [-0.4, -0.2) is 34.6 Å². The highest BCUT2D eigenvalue weighted by Gasteiger charge is 2.35. The number of amides is 2. The number of carbonyl (C=O) groups is 2. The van der Waals surface area contributed by atoms with Crippen LogP contribution in [0.2, 0.25) is 0 Å². The third kappa shape index (κ3) is 3.00. The van der Waals surface area contributed by atoms with Crippen LogP contribution in [-0.2, 0) is 4.79 Å². The summed E-state index contributed by atoms with van der Waals surface area (Å²) in [7, 11) is 1.46. The lowest BCUT2D eigenvalue weighted by Gasteiger charge is -2.31. The van der Waals surface area contributed by atoms with Gasteiger partial charge in [0, 0.05) is 12.7 Å². The third-order valence-electron chi connectivity index (χ3n) is 2.94. The number of carboxylic acid groups (broad SMARTS) is 1. The van der Waals surface area contributed by atoms with Gasteiger partial charge in [-0.3, -0.25) is 0 Å². The van der Waals surface area contributed by atoms with Crippen LogP contribution in [0.15, 0.2) is 24.3 Å². The molecule has 5 nitrogen and oxygen atoms in total. The molecule has 0 atom stereocenters.